The van der Waals surface area contributed by atoms with Crippen LogP contribution in [0.25, 0.3) is 0 Å². The van der Waals surface area contributed by atoms with Crippen molar-refractivity contribution in [3.05, 3.63) is 29.8 Å². The average Bonchev–Trinajstić information content (AvgIpc) is 2.29. The molecule has 1 aromatic carbocycles. The van der Waals surface area contributed by atoms with Crippen LogP contribution in [0.5, 0.6) is 5.75 Å². The third kappa shape index (κ3) is 3.99. The Balaban J connectivity index is 2.72. The lowest BCUT2D eigenvalue weighted by molar-refractivity contribution is 0.414. The van der Waals surface area contributed by atoms with E-state index in [2.05, 4.69) is 26.0 Å². The Hall–Kier alpha value is -0.280. The highest BCUT2D eigenvalue weighted by Gasteiger charge is 2.10. The molecule has 0 bridgehead atoms. The van der Waals surface area contributed by atoms with Crippen molar-refractivity contribution in [2.24, 2.45) is 0 Å². The van der Waals surface area contributed by atoms with Crippen molar-refractivity contribution in [1.29, 1.82) is 0 Å². The van der Waals surface area contributed by atoms with Gasteiger partial charge < -0.3 is 4.74 Å². The molecule has 84 valence electrons. The lowest BCUT2D eigenvalue weighted by Crippen LogP contribution is -1.91. The van der Waals surface area contributed by atoms with E-state index in [1.807, 2.05) is 35.7 Å². The Kier molecular flexibility index (Phi) is 6.03. The molecule has 15 heavy (non-hydrogen) atoms. The van der Waals surface area contributed by atoms with Crippen LogP contribution in [0, 0.1) is 0 Å². The van der Waals surface area contributed by atoms with Crippen molar-refractivity contribution in [2.75, 3.05) is 18.6 Å². The van der Waals surface area contributed by atoms with Gasteiger partial charge in [-0.15, -0.1) is 23.5 Å². The predicted molar refractivity (Wildman–Crippen MR) is 72.0 cm³/mol. The van der Waals surface area contributed by atoms with E-state index in [1.54, 1.807) is 7.11 Å². The fraction of sp³-hybridized carbons (Fsp3) is 0.500. The second-order valence-corrected chi connectivity index (χ2v) is 6.08. The normalized spacial score (nSPS) is 10.7. The highest BCUT2D eigenvalue weighted by Crippen LogP contribution is 2.39. The van der Waals surface area contributed by atoms with Gasteiger partial charge in [0.25, 0.3) is 0 Å². The van der Waals surface area contributed by atoms with Crippen LogP contribution in [-0.2, 0) is 0 Å². The van der Waals surface area contributed by atoms with Crippen LogP contribution in [0.15, 0.2) is 24.3 Å². The van der Waals surface area contributed by atoms with Gasteiger partial charge in [0.1, 0.15) is 5.75 Å². The molecule has 1 nitrogen and oxygen atoms in total. The van der Waals surface area contributed by atoms with Crippen molar-refractivity contribution in [3.63, 3.8) is 0 Å². The number of hydrogen-bond acceptors (Lipinski definition) is 3. The fourth-order valence-electron chi connectivity index (χ4n) is 1.30. The summed E-state index contributed by atoms with van der Waals surface area (Å²) in [6.45, 7) is 4.41. The first-order valence-corrected chi connectivity index (χ1v) is 7.28. The Labute approximate surface area is 101 Å². The Morgan fingerprint density at radius 2 is 1.60 bits per heavy atom. The van der Waals surface area contributed by atoms with Crippen molar-refractivity contribution in [3.8, 4) is 5.75 Å². The van der Waals surface area contributed by atoms with Crippen molar-refractivity contribution in [1.82, 2.24) is 0 Å². The highest BCUT2D eigenvalue weighted by molar-refractivity contribution is 8.16. The van der Waals surface area contributed by atoms with Crippen LogP contribution in [0.4, 0.5) is 0 Å². The second-order valence-electron chi connectivity index (χ2n) is 3.02. The number of ether oxygens (including phenoxy) is 1. The summed E-state index contributed by atoms with van der Waals surface area (Å²) in [5, 5.41) is 0. The van der Waals surface area contributed by atoms with E-state index in [1.165, 1.54) is 5.56 Å². The summed E-state index contributed by atoms with van der Waals surface area (Å²) in [6.07, 6.45) is 0. The second kappa shape index (κ2) is 7.07. The van der Waals surface area contributed by atoms with Gasteiger partial charge in [-0.25, -0.2) is 0 Å². The van der Waals surface area contributed by atoms with Gasteiger partial charge >= 0.3 is 0 Å². The van der Waals surface area contributed by atoms with Crippen molar-refractivity contribution in [2.45, 2.75) is 18.4 Å². The van der Waals surface area contributed by atoms with E-state index in [4.69, 9.17) is 4.74 Å². The zero-order valence-corrected chi connectivity index (χ0v) is 11.2. The summed E-state index contributed by atoms with van der Waals surface area (Å²) in [6, 6.07) is 8.40. The molecule has 0 N–H and O–H groups in total. The minimum absolute atomic E-state index is 0.561. The summed E-state index contributed by atoms with van der Waals surface area (Å²) < 4.78 is 5.72. The lowest BCUT2D eigenvalue weighted by atomic mass is 10.2. The first kappa shape index (κ1) is 12.8. The molecule has 0 aliphatic rings. The van der Waals surface area contributed by atoms with Gasteiger partial charge in [-0.2, -0.15) is 0 Å². The van der Waals surface area contributed by atoms with Gasteiger partial charge in [0.2, 0.25) is 0 Å². The third-order valence-corrected chi connectivity index (χ3v) is 4.66. The van der Waals surface area contributed by atoms with Crippen LogP contribution in [0.2, 0.25) is 0 Å². The van der Waals surface area contributed by atoms with Gasteiger partial charge in [-0.3, -0.25) is 0 Å². The number of rotatable bonds is 6. The van der Waals surface area contributed by atoms with Gasteiger partial charge in [0.15, 0.2) is 0 Å². The van der Waals surface area contributed by atoms with Gasteiger partial charge in [0.05, 0.1) is 11.7 Å². The maximum Gasteiger partial charge on any atom is 0.118 e. The first-order chi connectivity index (χ1) is 7.31. The molecule has 0 amide bonds. The molecule has 0 aliphatic heterocycles. The quantitative estimate of drug-likeness (QED) is 0.692. The van der Waals surface area contributed by atoms with Crippen molar-refractivity contribution >= 4 is 23.5 Å². The van der Waals surface area contributed by atoms with E-state index in [0.29, 0.717) is 4.58 Å². The van der Waals surface area contributed by atoms with Crippen LogP contribution >= 0.6 is 23.5 Å². The zero-order chi connectivity index (χ0) is 11.1. The molecular formula is C12H18OS2. The molecule has 0 heterocycles. The summed E-state index contributed by atoms with van der Waals surface area (Å²) >= 11 is 3.98. The minimum atomic E-state index is 0.561. The molecule has 0 aromatic heterocycles. The number of methoxy groups -OCH3 is 1. The van der Waals surface area contributed by atoms with E-state index < -0.39 is 0 Å². The summed E-state index contributed by atoms with van der Waals surface area (Å²) in [7, 11) is 1.70. The van der Waals surface area contributed by atoms with Crippen LogP contribution in [-0.4, -0.2) is 18.6 Å². The van der Waals surface area contributed by atoms with Crippen molar-refractivity contribution < 1.29 is 4.74 Å². The lowest BCUT2D eigenvalue weighted by Gasteiger charge is -2.15. The summed E-state index contributed by atoms with van der Waals surface area (Å²) in [5.74, 6) is 3.24. The molecule has 0 aliphatic carbocycles. The standard InChI is InChI=1S/C12H18OS2/c1-4-14-12(15-5-2)10-6-8-11(13-3)9-7-10/h6-9,12H,4-5H2,1-3H3. The molecular weight excluding hydrogens is 224 g/mol. The predicted octanol–water partition coefficient (Wildman–Crippen LogP) is 4.20. The molecule has 0 atom stereocenters. The molecule has 0 saturated carbocycles. The SMILES string of the molecule is CCSC(SCC)c1ccc(OC)cc1. The van der Waals surface area contributed by atoms with E-state index >= 15 is 0 Å². The molecule has 0 radical (unpaired) electrons. The molecule has 0 fully saturated rings. The maximum absolute atomic E-state index is 5.16. The molecule has 1 rings (SSSR count). The first-order valence-electron chi connectivity index (χ1n) is 5.19. The van der Waals surface area contributed by atoms with Crippen LogP contribution < -0.4 is 4.74 Å². The molecule has 0 spiro atoms. The molecule has 1 aromatic rings. The summed E-state index contributed by atoms with van der Waals surface area (Å²) in [5.41, 5.74) is 1.38. The third-order valence-electron chi connectivity index (χ3n) is 2.02. The number of hydrogen-bond donors (Lipinski definition) is 0. The molecule has 0 unspecified atom stereocenters. The summed E-state index contributed by atoms with van der Waals surface area (Å²) in [4.78, 5) is 0. The van der Waals surface area contributed by atoms with Gasteiger partial charge in [-0.1, -0.05) is 26.0 Å². The Morgan fingerprint density at radius 1 is 1.07 bits per heavy atom. The number of thioether (sulfide) groups is 2. The van der Waals surface area contributed by atoms with Gasteiger partial charge in [-0.05, 0) is 29.2 Å². The maximum atomic E-state index is 5.16. The van der Waals surface area contributed by atoms with E-state index in [9.17, 15) is 0 Å². The topological polar surface area (TPSA) is 9.23 Å². The molecule has 0 saturated heterocycles. The molecule has 3 heteroatoms. The van der Waals surface area contributed by atoms with E-state index in [-0.39, 0.29) is 0 Å². The van der Waals surface area contributed by atoms with Gasteiger partial charge in [0, 0.05) is 0 Å². The average molecular weight is 242 g/mol. The van der Waals surface area contributed by atoms with Crippen LogP contribution in [0.1, 0.15) is 24.0 Å². The van der Waals surface area contributed by atoms with Crippen LogP contribution in [0.3, 0.4) is 0 Å². The smallest absolute Gasteiger partial charge is 0.118 e. The minimum Gasteiger partial charge on any atom is -0.497 e. The highest BCUT2D eigenvalue weighted by atomic mass is 32.2. The van der Waals surface area contributed by atoms with E-state index in [0.717, 1.165) is 17.3 Å². The monoisotopic (exact) mass is 242 g/mol. The largest absolute Gasteiger partial charge is 0.497 e. The Bertz CT molecular complexity index is 265. The number of benzene rings is 1. The zero-order valence-electron chi connectivity index (χ0n) is 9.53. The Morgan fingerprint density at radius 3 is 2.00 bits per heavy atom. The fourth-order valence-corrected chi connectivity index (χ4v) is 3.81.